The zero-order chi connectivity index (χ0) is 20.5. The number of benzene rings is 1. The minimum atomic E-state index is -1.01. The lowest BCUT2D eigenvalue weighted by Gasteiger charge is -2.27. The number of nitrogens with one attached hydrogen (secondary N) is 1. The summed E-state index contributed by atoms with van der Waals surface area (Å²) in [6, 6.07) is 4.20. The molecule has 0 spiro atoms. The Bertz CT molecular complexity index is 1060. The van der Waals surface area contributed by atoms with Gasteiger partial charge in [-0.15, -0.1) is 11.3 Å². The number of aromatic nitrogens is 2. The summed E-state index contributed by atoms with van der Waals surface area (Å²) in [7, 11) is 0. The summed E-state index contributed by atoms with van der Waals surface area (Å²) in [5.41, 5.74) is 1.10. The van der Waals surface area contributed by atoms with Crippen molar-refractivity contribution in [1.82, 2.24) is 9.97 Å². The smallest absolute Gasteiger partial charge is 0.346 e. The number of ether oxygens (including phenoxy) is 1. The Morgan fingerprint density at radius 1 is 1.28 bits per heavy atom. The van der Waals surface area contributed by atoms with Gasteiger partial charge in [0.05, 0.1) is 23.3 Å². The first-order chi connectivity index (χ1) is 13.9. The molecule has 1 aromatic carbocycles. The lowest BCUT2D eigenvalue weighted by molar-refractivity contribution is 0.0668. The van der Waals surface area contributed by atoms with Crippen molar-refractivity contribution in [1.29, 1.82) is 0 Å². The molecular formula is C20H20FN3O4S. The molecule has 4 rings (SSSR count). The average Bonchev–Trinajstić information content (AvgIpc) is 3.04. The van der Waals surface area contributed by atoms with Crippen molar-refractivity contribution in [3.8, 4) is 5.75 Å². The van der Waals surface area contributed by atoms with Gasteiger partial charge in [0.1, 0.15) is 33.4 Å². The van der Waals surface area contributed by atoms with E-state index in [9.17, 15) is 19.4 Å². The largest absolute Gasteiger partial charge is 0.488 e. The van der Waals surface area contributed by atoms with E-state index in [0.717, 1.165) is 11.3 Å². The van der Waals surface area contributed by atoms with Crippen LogP contribution in [0.1, 0.15) is 40.9 Å². The van der Waals surface area contributed by atoms with E-state index in [4.69, 9.17) is 4.74 Å². The molecule has 7 nitrogen and oxygen atoms in total. The highest BCUT2D eigenvalue weighted by atomic mass is 32.1. The molecule has 152 valence electrons. The minimum absolute atomic E-state index is 0.104. The average molecular weight is 417 g/mol. The van der Waals surface area contributed by atoms with E-state index in [1.165, 1.54) is 18.5 Å². The van der Waals surface area contributed by atoms with Crippen LogP contribution in [0.5, 0.6) is 5.75 Å². The van der Waals surface area contributed by atoms with E-state index in [1.807, 2.05) is 0 Å². The number of rotatable bonds is 5. The molecule has 29 heavy (non-hydrogen) atoms. The maximum Gasteiger partial charge on any atom is 0.346 e. The van der Waals surface area contributed by atoms with Crippen LogP contribution in [-0.4, -0.2) is 38.4 Å². The molecule has 0 amide bonds. The van der Waals surface area contributed by atoms with Crippen molar-refractivity contribution in [2.45, 2.75) is 44.8 Å². The molecule has 1 saturated carbocycles. The normalized spacial score (nSPS) is 19.3. The van der Waals surface area contributed by atoms with Crippen LogP contribution in [0.15, 0.2) is 24.5 Å². The minimum Gasteiger partial charge on any atom is -0.488 e. The van der Waals surface area contributed by atoms with E-state index < -0.39 is 11.8 Å². The van der Waals surface area contributed by atoms with Crippen LogP contribution in [-0.2, 0) is 0 Å². The Balaban J connectivity index is 1.67. The van der Waals surface area contributed by atoms with Gasteiger partial charge in [-0.3, -0.25) is 0 Å². The van der Waals surface area contributed by atoms with Crippen molar-refractivity contribution >= 4 is 39.0 Å². The predicted molar refractivity (Wildman–Crippen MR) is 108 cm³/mol. The Hall–Kier alpha value is -2.78. The Morgan fingerprint density at radius 3 is 2.76 bits per heavy atom. The number of fused-ring (bicyclic) bond motifs is 1. The second-order valence-electron chi connectivity index (χ2n) is 7.08. The van der Waals surface area contributed by atoms with E-state index in [-0.39, 0.29) is 17.1 Å². The molecule has 3 N–H and O–H groups in total. The summed E-state index contributed by atoms with van der Waals surface area (Å²) < 4.78 is 19.9. The third-order valence-corrected chi connectivity index (χ3v) is 6.24. The lowest BCUT2D eigenvalue weighted by Crippen LogP contribution is -2.26. The number of carboxylic acids is 1. The summed E-state index contributed by atoms with van der Waals surface area (Å²) in [5.74, 6) is -0.646. The summed E-state index contributed by atoms with van der Waals surface area (Å²) in [6.45, 7) is 1.71. The fourth-order valence-electron chi connectivity index (χ4n) is 3.54. The molecule has 9 heteroatoms. The monoisotopic (exact) mass is 417 g/mol. The quantitative estimate of drug-likeness (QED) is 0.570. The number of carbonyl (C=O) groups is 1. The third kappa shape index (κ3) is 4.01. The van der Waals surface area contributed by atoms with Crippen molar-refractivity contribution in [2.75, 3.05) is 5.32 Å². The van der Waals surface area contributed by atoms with Gasteiger partial charge >= 0.3 is 5.97 Å². The van der Waals surface area contributed by atoms with Gasteiger partial charge < -0.3 is 20.3 Å². The van der Waals surface area contributed by atoms with Crippen molar-refractivity contribution in [3.05, 3.63) is 40.8 Å². The Morgan fingerprint density at radius 2 is 2.03 bits per heavy atom. The van der Waals surface area contributed by atoms with Gasteiger partial charge in [-0.1, -0.05) is 0 Å². The summed E-state index contributed by atoms with van der Waals surface area (Å²) >= 11 is 1.09. The lowest BCUT2D eigenvalue weighted by atomic mass is 9.95. The molecule has 0 radical (unpaired) electrons. The van der Waals surface area contributed by atoms with Crippen LogP contribution in [0.2, 0.25) is 0 Å². The fraction of sp³-hybridized carbons (Fsp3) is 0.350. The van der Waals surface area contributed by atoms with Crippen LogP contribution in [0.25, 0.3) is 10.2 Å². The Labute approximate surface area is 170 Å². The standard InChI is InChI=1S/C20H20FN3O4S/c1-10-16-18(22-9-23-19(16)29-17(10)20(26)27)24-14-7-2-11(21)8-15(14)28-13-5-3-12(25)4-6-13/h2,7-9,12-13,25H,3-6H2,1H3,(H,26,27)(H,22,23,24)/t12-,13+. The van der Waals surface area contributed by atoms with Gasteiger partial charge in [-0.2, -0.15) is 0 Å². The Kier molecular flexibility index (Phi) is 5.33. The third-order valence-electron chi connectivity index (χ3n) is 5.06. The number of aliphatic hydroxyl groups excluding tert-OH is 1. The zero-order valence-corrected chi connectivity index (χ0v) is 16.5. The molecule has 2 aromatic heterocycles. The van der Waals surface area contributed by atoms with Crippen LogP contribution in [0.4, 0.5) is 15.9 Å². The number of halogens is 1. The highest BCUT2D eigenvalue weighted by molar-refractivity contribution is 7.20. The van der Waals surface area contributed by atoms with Gasteiger partial charge in [-0.25, -0.2) is 19.2 Å². The molecule has 1 aliphatic carbocycles. The number of nitrogens with zero attached hydrogens (tertiary/aromatic N) is 2. The van der Waals surface area contributed by atoms with Crippen LogP contribution in [0, 0.1) is 12.7 Å². The first-order valence-corrected chi connectivity index (χ1v) is 10.1. The first-order valence-electron chi connectivity index (χ1n) is 9.31. The SMILES string of the molecule is Cc1c(C(=O)O)sc2ncnc(Nc3ccc(F)cc3O[C@H]3CC[C@@H](O)CC3)c12. The maximum absolute atomic E-state index is 13.9. The maximum atomic E-state index is 13.9. The first kappa shape index (κ1) is 19.5. The zero-order valence-electron chi connectivity index (χ0n) is 15.7. The molecule has 0 atom stereocenters. The van der Waals surface area contributed by atoms with Crippen LogP contribution < -0.4 is 10.1 Å². The van der Waals surface area contributed by atoms with E-state index in [0.29, 0.717) is 58.7 Å². The molecule has 0 bridgehead atoms. The summed E-state index contributed by atoms with van der Waals surface area (Å²) in [5, 5.41) is 22.8. The van der Waals surface area contributed by atoms with Gasteiger partial charge in [0.2, 0.25) is 0 Å². The summed E-state index contributed by atoms with van der Waals surface area (Å²) in [6.07, 6.45) is 3.65. The molecule has 2 heterocycles. The summed E-state index contributed by atoms with van der Waals surface area (Å²) in [4.78, 5) is 20.7. The second-order valence-corrected chi connectivity index (χ2v) is 8.08. The van der Waals surface area contributed by atoms with Gasteiger partial charge in [0.25, 0.3) is 0 Å². The van der Waals surface area contributed by atoms with Crippen molar-refractivity contribution in [3.63, 3.8) is 0 Å². The van der Waals surface area contributed by atoms with Crippen molar-refractivity contribution < 1.29 is 24.1 Å². The highest BCUT2D eigenvalue weighted by Crippen LogP contribution is 2.37. The molecule has 1 aliphatic rings. The van der Waals surface area contributed by atoms with Crippen molar-refractivity contribution in [2.24, 2.45) is 0 Å². The van der Waals surface area contributed by atoms with Gasteiger partial charge in [0.15, 0.2) is 0 Å². The predicted octanol–water partition coefficient (Wildman–Crippen LogP) is 4.26. The van der Waals surface area contributed by atoms with E-state index >= 15 is 0 Å². The number of aryl methyl sites for hydroxylation is 1. The number of thiophene rings is 1. The highest BCUT2D eigenvalue weighted by Gasteiger charge is 2.23. The molecule has 0 unspecified atom stereocenters. The van der Waals surface area contributed by atoms with E-state index in [1.54, 1.807) is 13.0 Å². The topological polar surface area (TPSA) is 105 Å². The van der Waals surface area contributed by atoms with Gasteiger partial charge in [0, 0.05) is 6.07 Å². The van der Waals surface area contributed by atoms with Crippen LogP contribution >= 0.6 is 11.3 Å². The number of carboxylic acid groups (broad SMARTS) is 1. The molecule has 3 aromatic rings. The molecular weight excluding hydrogens is 397 g/mol. The number of aliphatic hydroxyl groups is 1. The van der Waals surface area contributed by atoms with E-state index in [2.05, 4.69) is 15.3 Å². The molecule has 0 aliphatic heterocycles. The number of hydrogen-bond donors (Lipinski definition) is 3. The second kappa shape index (κ2) is 7.92. The fourth-order valence-corrected chi connectivity index (χ4v) is 4.53. The number of anilines is 2. The molecule has 1 fully saturated rings. The number of aromatic carboxylic acids is 1. The molecule has 0 saturated heterocycles. The number of hydrogen-bond acceptors (Lipinski definition) is 7. The van der Waals surface area contributed by atoms with Gasteiger partial charge in [-0.05, 0) is 50.3 Å². The van der Waals surface area contributed by atoms with Crippen LogP contribution in [0.3, 0.4) is 0 Å².